The van der Waals surface area contributed by atoms with Gasteiger partial charge in [-0.3, -0.25) is 9.36 Å². The third-order valence-corrected chi connectivity index (χ3v) is 5.97. The zero-order valence-corrected chi connectivity index (χ0v) is 18.5. The van der Waals surface area contributed by atoms with Gasteiger partial charge in [0, 0.05) is 11.8 Å². The standard InChI is InChI=1S/C24H22N4O3S/c1-30-19-12-8-11-18(15-19)26-23(29)22(17-9-4-3-5-10-17)32-24-27-25-16-28(24)20-13-6-7-14-21(20)31-2/h3-16,22H,1-2H3,(H,26,29)/t22-/m1/s1. The summed E-state index contributed by atoms with van der Waals surface area (Å²) in [5.74, 6) is 1.18. The number of hydrogen-bond acceptors (Lipinski definition) is 6. The van der Waals surface area contributed by atoms with Gasteiger partial charge in [-0.2, -0.15) is 0 Å². The molecule has 7 nitrogen and oxygen atoms in total. The highest BCUT2D eigenvalue weighted by Gasteiger charge is 2.25. The van der Waals surface area contributed by atoms with E-state index in [0.29, 0.717) is 22.3 Å². The fourth-order valence-electron chi connectivity index (χ4n) is 3.21. The van der Waals surface area contributed by atoms with Gasteiger partial charge in [0.2, 0.25) is 5.91 Å². The topological polar surface area (TPSA) is 78.3 Å². The van der Waals surface area contributed by atoms with Crippen molar-refractivity contribution in [3.8, 4) is 17.2 Å². The highest BCUT2D eigenvalue weighted by molar-refractivity contribution is 8.00. The number of anilines is 1. The molecule has 8 heteroatoms. The van der Waals surface area contributed by atoms with Gasteiger partial charge in [0.25, 0.3) is 0 Å². The summed E-state index contributed by atoms with van der Waals surface area (Å²) < 4.78 is 12.6. The van der Waals surface area contributed by atoms with Gasteiger partial charge < -0.3 is 14.8 Å². The molecule has 162 valence electrons. The molecule has 0 aliphatic carbocycles. The lowest BCUT2D eigenvalue weighted by Crippen LogP contribution is -2.19. The van der Waals surface area contributed by atoms with E-state index < -0.39 is 5.25 Å². The SMILES string of the molecule is COc1cccc(NC(=O)[C@H](Sc2nncn2-c2ccccc2OC)c2ccccc2)c1. The van der Waals surface area contributed by atoms with Crippen molar-refractivity contribution in [1.82, 2.24) is 14.8 Å². The highest BCUT2D eigenvalue weighted by atomic mass is 32.2. The lowest BCUT2D eigenvalue weighted by molar-refractivity contribution is -0.115. The van der Waals surface area contributed by atoms with Crippen molar-refractivity contribution in [2.75, 3.05) is 19.5 Å². The number of amides is 1. The van der Waals surface area contributed by atoms with Crippen molar-refractivity contribution in [1.29, 1.82) is 0 Å². The Hall–Kier alpha value is -3.78. The molecule has 0 spiro atoms. The second-order valence-electron chi connectivity index (χ2n) is 6.79. The molecule has 1 heterocycles. The molecule has 32 heavy (non-hydrogen) atoms. The first-order valence-electron chi connectivity index (χ1n) is 9.89. The maximum absolute atomic E-state index is 13.4. The monoisotopic (exact) mass is 446 g/mol. The number of carbonyl (C=O) groups is 1. The lowest BCUT2D eigenvalue weighted by atomic mass is 10.1. The number of thioether (sulfide) groups is 1. The summed E-state index contributed by atoms with van der Waals surface area (Å²) in [5.41, 5.74) is 2.30. The van der Waals surface area contributed by atoms with Crippen molar-refractivity contribution in [2.45, 2.75) is 10.4 Å². The third-order valence-electron chi connectivity index (χ3n) is 4.76. The van der Waals surface area contributed by atoms with Crippen LogP contribution in [0.4, 0.5) is 5.69 Å². The third kappa shape index (κ3) is 4.76. The number of nitrogens with zero attached hydrogens (tertiary/aromatic N) is 3. The van der Waals surface area contributed by atoms with Crippen molar-refractivity contribution in [2.24, 2.45) is 0 Å². The summed E-state index contributed by atoms with van der Waals surface area (Å²) in [6, 6.07) is 24.4. The van der Waals surface area contributed by atoms with Crippen LogP contribution in [0.3, 0.4) is 0 Å². The minimum absolute atomic E-state index is 0.177. The summed E-state index contributed by atoms with van der Waals surface area (Å²) in [7, 11) is 3.21. The number of aromatic nitrogens is 3. The minimum atomic E-state index is -0.556. The van der Waals surface area contributed by atoms with Gasteiger partial charge in [0.05, 0.1) is 19.9 Å². The van der Waals surface area contributed by atoms with E-state index in [1.807, 2.05) is 77.4 Å². The van der Waals surface area contributed by atoms with E-state index in [1.54, 1.807) is 26.6 Å². The summed E-state index contributed by atoms with van der Waals surface area (Å²) in [4.78, 5) is 13.4. The normalized spacial score (nSPS) is 11.6. The Balaban J connectivity index is 1.66. The quantitative estimate of drug-likeness (QED) is 0.393. The van der Waals surface area contributed by atoms with Gasteiger partial charge in [0.1, 0.15) is 23.1 Å². The molecule has 3 aromatic carbocycles. The van der Waals surface area contributed by atoms with Crippen LogP contribution in [-0.2, 0) is 4.79 Å². The summed E-state index contributed by atoms with van der Waals surface area (Å²) in [6.45, 7) is 0. The molecule has 0 saturated carbocycles. The second kappa shape index (κ2) is 10.0. The Labute approximate surface area is 190 Å². The number of hydrogen-bond donors (Lipinski definition) is 1. The summed E-state index contributed by atoms with van der Waals surface area (Å²) in [5, 5.41) is 11.4. The van der Waals surface area contributed by atoms with E-state index in [4.69, 9.17) is 9.47 Å². The largest absolute Gasteiger partial charge is 0.497 e. The van der Waals surface area contributed by atoms with Crippen LogP contribution in [0.5, 0.6) is 11.5 Å². The van der Waals surface area contributed by atoms with Crippen molar-refractivity contribution in [3.05, 3.63) is 90.8 Å². The fourth-order valence-corrected chi connectivity index (χ4v) is 4.24. The fraction of sp³-hybridized carbons (Fsp3) is 0.125. The van der Waals surface area contributed by atoms with E-state index >= 15 is 0 Å². The maximum Gasteiger partial charge on any atom is 0.242 e. The van der Waals surface area contributed by atoms with Crippen LogP contribution in [0.2, 0.25) is 0 Å². The number of rotatable bonds is 8. The van der Waals surface area contributed by atoms with Gasteiger partial charge in [-0.25, -0.2) is 0 Å². The van der Waals surface area contributed by atoms with E-state index in [0.717, 1.165) is 11.3 Å². The molecule has 1 N–H and O–H groups in total. The minimum Gasteiger partial charge on any atom is -0.497 e. The Kier molecular flexibility index (Phi) is 6.72. The van der Waals surface area contributed by atoms with Gasteiger partial charge in [-0.15, -0.1) is 10.2 Å². The van der Waals surface area contributed by atoms with E-state index in [9.17, 15) is 4.79 Å². The first kappa shape index (κ1) is 21.5. The van der Waals surface area contributed by atoms with Gasteiger partial charge in [-0.05, 0) is 29.8 Å². The number of para-hydroxylation sites is 2. The molecule has 0 aliphatic rings. The van der Waals surface area contributed by atoms with Crippen LogP contribution in [0.15, 0.2) is 90.3 Å². The molecule has 0 fully saturated rings. The molecule has 1 aromatic heterocycles. The maximum atomic E-state index is 13.4. The lowest BCUT2D eigenvalue weighted by Gasteiger charge is -2.18. The van der Waals surface area contributed by atoms with E-state index in [1.165, 1.54) is 11.8 Å². The number of benzene rings is 3. The Morgan fingerprint density at radius 3 is 2.53 bits per heavy atom. The number of carbonyl (C=O) groups excluding carboxylic acids is 1. The molecule has 4 aromatic rings. The molecule has 0 saturated heterocycles. The van der Waals surface area contributed by atoms with Gasteiger partial charge >= 0.3 is 0 Å². The number of nitrogens with one attached hydrogen (secondary N) is 1. The van der Waals surface area contributed by atoms with Crippen LogP contribution in [-0.4, -0.2) is 34.9 Å². The molecular formula is C24H22N4O3S. The number of methoxy groups -OCH3 is 2. The Morgan fingerprint density at radius 2 is 1.75 bits per heavy atom. The molecule has 1 amide bonds. The first-order valence-corrected chi connectivity index (χ1v) is 10.8. The zero-order valence-electron chi connectivity index (χ0n) is 17.6. The van der Waals surface area contributed by atoms with Crippen LogP contribution in [0.1, 0.15) is 10.8 Å². The van der Waals surface area contributed by atoms with Gasteiger partial charge in [0.15, 0.2) is 5.16 Å². The average Bonchev–Trinajstić information content (AvgIpc) is 3.31. The molecule has 4 rings (SSSR count). The second-order valence-corrected chi connectivity index (χ2v) is 7.86. The Morgan fingerprint density at radius 1 is 0.969 bits per heavy atom. The smallest absolute Gasteiger partial charge is 0.242 e. The van der Waals surface area contributed by atoms with Crippen molar-refractivity contribution >= 4 is 23.4 Å². The molecule has 0 aliphatic heterocycles. The first-order chi connectivity index (χ1) is 15.7. The summed E-state index contributed by atoms with van der Waals surface area (Å²) in [6.07, 6.45) is 1.61. The highest BCUT2D eigenvalue weighted by Crippen LogP contribution is 2.37. The molecule has 0 bridgehead atoms. The predicted molar refractivity (Wildman–Crippen MR) is 125 cm³/mol. The van der Waals surface area contributed by atoms with Crippen molar-refractivity contribution in [3.63, 3.8) is 0 Å². The van der Waals surface area contributed by atoms with Gasteiger partial charge in [-0.1, -0.05) is 60.3 Å². The molecule has 1 atom stereocenters. The van der Waals surface area contributed by atoms with E-state index in [-0.39, 0.29) is 5.91 Å². The van der Waals surface area contributed by atoms with Crippen LogP contribution >= 0.6 is 11.8 Å². The number of ether oxygens (including phenoxy) is 2. The molecule has 0 radical (unpaired) electrons. The van der Waals surface area contributed by atoms with E-state index in [2.05, 4.69) is 15.5 Å². The Bertz CT molecular complexity index is 1200. The van der Waals surface area contributed by atoms with Crippen molar-refractivity contribution < 1.29 is 14.3 Å². The predicted octanol–water partition coefficient (Wildman–Crippen LogP) is 4.76. The zero-order chi connectivity index (χ0) is 22.3. The van der Waals surface area contributed by atoms with Crippen LogP contribution in [0, 0.1) is 0 Å². The molecular weight excluding hydrogens is 424 g/mol. The summed E-state index contributed by atoms with van der Waals surface area (Å²) >= 11 is 1.32. The molecule has 0 unspecified atom stereocenters. The average molecular weight is 447 g/mol. The van der Waals surface area contributed by atoms with Crippen LogP contribution in [0.25, 0.3) is 5.69 Å². The van der Waals surface area contributed by atoms with Crippen LogP contribution < -0.4 is 14.8 Å².